The highest BCUT2D eigenvalue weighted by atomic mass is 16.5. The number of hydrogen-bond acceptors (Lipinski definition) is 6. The van der Waals surface area contributed by atoms with E-state index in [0.717, 1.165) is 37.3 Å². The van der Waals surface area contributed by atoms with Gasteiger partial charge in [-0.05, 0) is 58.0 Å². The SMILES string of the molecule is Nc1cnc2c(c1)CN(Cc1ccc(C(=O)NCCCC(=O)OCC3c4ccccc4-c4ccccc43)cc1)CC2. The van der Waals surface area contributed by atoms with Gasteiger partial charge in [0, 0.05) is 56.2 Å². The summed E-state index contributed by atoms with van der Waals surface area (Å²) in [5.74, 6) is -0.336. The second-order valence-electron chi connectivity index (χ2n) is 10.8. The molecule has 2 heterocycles. The maximum atomic E-state index is 12.6. The monoisotopic (exact) mass is 546 g/mol. The largest absolute Gasteiger partial charge is 0.465 e. The van der Waals surface area contributed by atoms with Crippen molar-refractivity contribution in [3.05, 3.63) is 119 Å². The molecule has 1 amide bonds. The Balaban J connectivity index is 0.929. The maximum Gasteiger partial charge on any atom is 0.305 e. The Morgan fingerprint density at radius 1 is 0.976 bits per heavy atom. The van der Waals surface area contributed by atoms with Crippen LogP contribution in [0.25, 0.3) is 11.1 Å². The number of hydrogen-bond donors (Lipinski definition) is 2. The molecule has 0 spiro atoms. The van der Waals surface area contributed by atoms with Gasteiger partial charge in [0.05, 0.1) is 11.9 Å². The van der Waals surface area contributed by atoms with Gasteiger partial charge in [0.1, 0.15) is 6.61 Å². The van der Waals surface area contributed by atoms with Gasteiger partial charge in [-0.3, -0.25) is 19.5 Å². The molecule has 3 N–H and O–H groups in total. The fourth-order valence-corrected chi connectivity index (χ4v) is 5.88. The number of amides is 1. The molecule has 3 aromatic carbocycles. The zero-order valence-corrected chi connectivity index (χ0v) is 23.0. The van der Waals surface area contributed by atoms with Gasteiger partial charge in [-0.15, -0.1) is 0 Å². The number of pyridine rings is 1. The molecule has 2 aliphatic rings. The van der Waals surface area contributed by atoms with Gasteiger partial charge in [-0.1, -0.05) is 60.7 Å². The van der Waals surface area contributed by atoms with Crippen molar-refractivity contribution in [2.75, 3.05) is 25.4 Å². The lowest BCUT2D eigenvalue weighted by molar-refractivity contribution is -0.144. The first kappa shape index (κ1) is 26.7. The van der Waals surface area contributed by atoms with E-state index in [0.29, 0.717) is 30.8 Å². The minimum atomic E-state index is -0.246. The van der Waals surface area contributed by atoms with Crippen LogP contribution < -0.4 is 11.1 Å². The third-order valence-corrected chi connectivity index (χ3v) is 7.98. The van der Waals surface area contributed by atoms with Crippen molar-refractivity contribution in [2.24, 2.45) is 0 Å². The molecule has 208 valence electrons. The molecule has 1 aliphatic heterocycles. The highest BCUT2D eigenvalue weighted by Crippen LogP contribution is 2.44. The van der Waals surface area contributed by atoms with Crippen molar-refractivity contribution in [1.29, 1.82) is 0 Å². The quantitative estimate of drug-likeness (QED) is 0.224. The molecule has 0 saturated carbocycles. The summed E-state index contributed by atoms with van der Waals surface area (Å²) >= 11 is 0. The van der Waals surface area contributed by atoms with Crippen LogP contribution in [0, 0.1) is 0 Å². The molecule has 41 heavy (non-hydrogen) atoms. The first-order valence-corrected chi connectivity index (χ1v) is 14.2. The Labute approximate surface area is 240 Å². The first-order chi connectivity index (χ1) is 20.0. The summed E-state index contributed by atoms with van der Waals surface area (Å²) in [5.41, 5.74) is 15.5. The van der Waals surface area contributed by atoms with Crippen LogP contribution in [0.15, 0.2) is 85.1 Å². The number of fused-ring (bicyclic) bond motifs is 4. The summed E-state index contributed by atoms with van der Waals surface area (Å²) in [5, 5.41) is 2.92. The predicted molar refractivity (Wildman–Crippen MR) is 159 cm³/mol. The predicted octanol–water partition coefficient (Wildman–Crippen LogP) is 5.09. The number of rotatable bonds is 9. The molecule has 0 bridgehead atoms. The van der Waals surface area contributed by atoms with Crippen molar-refractivity contribution in [2.45, 2.75) is 38.3 Å². The standard InChI is InChI=1S/C34H34N4O3/c35-26-18-25-21-38(17-15-32(25)37-19-26)20-23-11-13-24(14-12-23)34(40)36-16-5-10-33(39)41-22-31-29-8-3-1-6-27(29)28-7-2-4-9-30(28)31/h1-4,6-9,11-14,18-19,31H,5,10,15-17,20-22,35H2,(H,36,40). The van der Waals surface area contributed by atoms with Gasteiger partial charge in [-0.2, -0.15) is 0 Å². The molecule has 0 fully saturated rings. The average Bonchev–Trinajstić information content (AvgIpc) is 3.32. The first-order valence-electron chi connectivity index (χ1n) is 14.2. The fourth-order valence-electron chi connectivity index (χ4n) is 5.88. The topological polar surface area (TPSA) is 97.5 Å². The van der Waals surface area contributed by atoms with Crippen molar-refractivity contribution in [3.8, 4) is 11.1 Å². The minimum Gasteiger partial charge on any atom is -0.465 e. The van der Waals surface area contributed by atoms with Crippen LogP contribution in [0.4, 0.5) is 5.69 Å². The normalized spacial score (nSPS) is 14.1. The Morgan fingerprint density at radius 3 is 2.41 bits per heavy atom. The highest BCUT2D eigenvalue weighted by molar-refractivity contribution is 5.94. The number of nitrogens with two attached hydrogens (primary N) is 1. The van der Waals surface area contributed by atoms with Gasteiger partial charge in [0.25, 0.3) is 5.91 Å². The van der Waals surface area contributed by atoms with Crippen LogP contribution >= 0.6 is 0 Å². The van der Waals surface area contributed by atoms with Gasteiger partial charge in [0.15, 0.2) is 0 Å². The summed E-state index contributed by atoms with van der Waals surface area (Å²) < 4.78 is 5.67. The van der Waals surface area contributed by atoms with Crippen molar-refractivity contribution >= 4 is 17.6 Å². The molecule has 7 heteroatoms. The number of nitrogen functional groups attached to an aromatic ring is 1. The zero-order chi connectivity index (χ0) is 28.2. The molecule has 0 saturated heterocycles. The minimum absolute atomic E-state index is 0.0514. The molecule has 0 radical (unpaired) electrons. The van der Waals surface area contributed by atoms with E-state index in [1.165, 1.54) is 27.8 Å². The molecular formula is C34H34N4O3. The van der Waals surface area contributed by atoms with E-state index < -0.39 is 0 Å². The molecule has 1 aliphatic carbocycles. The Hall–Kier alpha value is -4.49. The number of carbonyl (C=O) groups is 2. The summed E-state index contributed by atoms with van der Waals surface area (Å²) in [4.78, 5) is 31.9. The lowest BCUT2D eigenvalue weighted by Gasteiger charge is -2.28. The van der Waals surface area contributed by atoms with Gasteiger partial charge in [0.2, 0.25) is 0 Å². The van der Waals surface area contributed by atoms with Gasteiger partial charge >= 0.3 is 5.97 Å². The third kappa shape index (κ3) is 6.00. The van der Waals surface area contributed by atoms with Gasteiger partial charge in [-0.25, -0.2) is 0 Å². The van der Waals surface area contributed by atoms with Crippen molar-refractivity contribution in [1.82, 2.24) is 15.2 Å². The van der Waals surface area contributed by atoms with Crippen LogP contribution in [0.1, 0.15) is 57.1 Å². The van der Waals surface area contributed by atoms with E-state index >= 15 is 0 Å². The number of esters is 1. The second kappa shape index (κ2) is 11.9. The summed E-state index contributed by atoms with van der Waals surface area (Å²) in [6.45, 7) is 3.29. The van der Waals surface area contributed by atoms with E-state index in [1.807, 2.05) is 54.6 Å². The van der Waals surface area contributed by atoms with E-state index in [9.17, 15) is 9.59 Å². The number of carbonyl (C=O) groups excluding carboxylic acids is 2. The van der Waals surface area contributed by atoms with Crippen LogP contribution in [0.3, 0.4) is 0 Å². The Bertz CT molecular complexity index is 1520. The van der Waals surface area contributed by atoms with E-state index in [2.05, 4.69) is 39.5 Å². The number of nitrogens with one attached hydrogen (secondary N) is 1. The highest BCUT2D eigenvalue weighted by Gasteiger charge is 2.29. The Morgan fingerprint density at radius 2 is 1.68 bits per heavy atom. The van der Waals surface area contributed by atoms with Gasteiger partial charge < -0.3 is 15.8 Å². The van der Waals surface area contributed by atoms with Crippen LogP contribution in [0.5, 0.6) is 0 Å². The number of benzene rings is 3. The number of anilines is 1. The smallest absolute Gasteiger partial charge is 0.305 e. The number of nitrogens with zero attached hydrogens (tertiary/aromatic N) is 2. The number of ether oxygens (including phenoxy) is 1. The van der Waals surface area contributed by atoms with Crippen molar-refractivity contribution < 1.29 is 14.3 Å². The Kier molecular flexibility index (Phi) is 7.78. The summed E-state index contributed by atoms with van der Waals surface area (Å²) in [6.07, 6.45) is 3.41. The number of aromatic nitrogens is 1. The van der Waals surface area contributed by atoms with Crippen LogP contribution in [0.2, 0.25) is 0 Å². The average molecular weight is 547 g/mol. The summed E-state index contributed by atoms with van der Waals surface area (Å²) in [7, 11) is 0. The zero-order valence-electron chi connectivity index (χ0n) is 23.0. The molecule has 7 nitrogen and oxygen atoms in total. The molecule has 4 aromatic rings. The molecule has 0 atom stereocenters. The van der Waals surface area contributed by atoms with Crippen LogP contribution in [-0.2, 0) is 29.0 Å². The maximum absolute atomic E-state index is 12.6. The molecule has 6 rings (SSSR count). The second-order valence-corrected chi connectivity index (χ2v) is 10.8. The molecule has 1 aromatic heterocycles. The summed E-state index contributed by atoms with van der Waals surface area (Å²) in [6, 6.07) is 26.3. The lowest BCUT2D eigenvalue weighted by atomic mass is 9.98. The third-order valence-electron chi connectivity index (χ3n) is 7.98. The van der Waals surface area contributed by atoms with Crippen molar-refractivity contribution in [3.63, 3.8) is 0 Å². The molecular weight excluding hydrogens is 512 g/mol. The fraction of sp³-hybridized carbons (Fsp3) is 0.265. The van der Waals surface area contributed by atoms with E-state index in [1.54, 1.807) is 6.20 Å². The van der Waals surface area contributed by atoms with E-state index in [-0.39, 0.29) is 24.2 Å². The van der Waals surface area contributed by atoms with Crippen LogP contribution in [-0.4, -0.2) is 41.5 Å². The van der Waals surface area contributed by atoms with E-state index in [4.69, 9.17) is 10.5 Å². The lowest BCUT2D eigenvalue weighted by Crippen LogP contribution is -2.30. The molecule has 0 unspecified atom stereocenters.